The second kappa shape index (κ2) is 5.56. The van der Waals surface area contributed by atoms with E-state index in [0.29, 0.717) is 31.4 Å². The summed E-state index contributed by atoms with van der Waals surface area (Å²) >= 11 is 5.92. The summed E-state index contributed by atoms with van der Waals surface area (Å²) in [4.78, 5) is 28.0. The number of nitrogens with one attached hydrogen (secondary N) is 1. The van der Waals surface area contributed by atoms with E-state index < -0.39 is 0 Å². The van der Waals surface area contributed by atoms with Crippen molar-refractivity contribution in [3.05, 3.63) is 5.28 Å². The number of hydrogen-bond acceptors (Lipinski definition) is 6. The number of nitrogens with zero attached hydrogens (tertiary/aromatic N) is 5. The van der Waals surface area contributed by atoms with Crippen LogP contribution in [0.4, 0.5) is 11.9 Å². The number of halogens is 1. The summed E-state index contributed by atoms with van der Waals surface area (Å²) in [6.45, 7) is 3.20. The van der Waals surface area contributed by atoms with Gasteiger partial charge in [0.2, 0.25) is 23.1 Å². The molecule has 0 bridgehead atoms. The zero-order valence-corrected chi connectivity index (χ0v) is 12.0. The number of anilines is 2. The number of aromatic nitrogens is 3. The summed E-state index contributed by atoms with van der Waals surface area (Å²) < 4.78 is 0. The maximum atomic E-state index is 11.8. The molecule has 1 unspecified atom stereocenters. The lowest BCUT2D eigenvalue weighted by atomic mass is 10.1. The third-order valence-electron chi connectivity index (χ3n) is 2.96. The van der Waals surface area contributed by atoms with Crippen LogP contribution in [0, 0.1) is 0 Å². The van der Waals surface area contributed by atoms with Gasteiger partial charge in [-0.2, -0.15) is 15.0 Å². The maximum Gasteiger partial charge on any atom is 0.242 e. The number of hydrogen-bond donors (Lipinski definition) is 1. The van der Waals surface area contributed by atoms with Crippen molar-refractivity contribution in [1.29, 1.82) is 0 Å². The van der Waals surface area contributed by atoms with Crippen LogP contribution in [0.15, 0.2) is 0 Å². The minimum Gasteiger partial charge on any atom is -0.353 e. The molecule has 1 fully saturated rings. The van der Waals surface area contributed by atoms with Gasteiger partial charge in [0, 0.05) is 27.2 Å². The summed E-state index contributed by atoms with van der Waals surface area (Å²) in [6, 6.07) is -0.262. The first kappa shape index (κ1) is 13.8. The van der Waals surface area contributed by atoms with Gasteiger partial charge in [-0.1, -0.05) is 6.92 Å². The molecule has 1 amide bonds. The molecule has 19 heavy (non-hydrogen) atoms. The Balaban J connectivity index is 2.36. The summed E-state index contributed by atoms with van der Waals surface area (Å²) in [5.41, 5.74) is 0. The maximum absolute atomic E-state index is 11.8. The first-order chi connectivity index (χ1) is 9.02. The van der Waals surface area contributed by atoms with Crippen molar-refractivity contribution in [2.75, 3.05) is 37.0 Å². The minimum atomic E-state index is -0.262. The normalized spacial score (nSPS) is 19.3. The summed E-state index contributed by atoms with van der Waals surface area (Å²) in [6.07, 6.45) is 0.687. The van der Waals surface area contributed by atoms with Gasteiger partial charge in [-0.15, -0.1) is 0 Å². The Hall–Kier alpha value is -1.63. The summed E-state index contributed by atoms with van der Waals surface area (Å²) in [5.74, 6) is 0.929. The van der Waals surface area contributed by atoms with E-state index in [0.717, 1.165) is 0 Å². The molecular formula is C11H17ClN6O. The van der Waals surface area contributed by atoms with Crippen molar-refractivity contribution in [2.24, 2.45) is 0 Å². The molecular weight excluding hydrogens is 268 g/mol. The highest BCUT2D eigenvalue weighted by Gasteiger charge is 2.30. The quantitative estimate of drug-likeness (QED) is 0.861. The predicted octanol–water partition coefficient (Wildman–Crippen LogP) is 0.306. The van der Waals surface area contributed by atoms with E-state index in [-0.39, 0.29) is 17.2 Å². The Morgan fingerprint density at radius 3 is 2.79 bits per heavy atom. The summed E-state index contributed by atoms with van der Waals surface area (Å²) in [7, 11) is 3.66. The third kappa shape index (κ3) is 2.86. The molecule has 104 valence electrons. The number of rotatable bonds is 3. The summed E-state index contributed by atoms with van der Waals surface area (Å²) in [5, 5.41) is 2.97. The van der Waals surface area contributed by atoms with Gasteiger partial charge >= 0.3 is 0 Å². The van der Waals surface area contributed by atoms with E-state index in [9.17, 15) is 4.79 Å². The molecule has 0 spiro atoms. The first-order valence-corrected chi connectivity index (χ1v) is 6.54. The van der Waals surface area contributed by atoms with Crippen LogP contribution in [0.2, 0.25) is 5.28 Å². The molecule has 1 saturated heterocycles. The highest BCUT2D eigenvalue weighted by molar-refractivity contribution is 6.28. The predicted molar refractivity (Wildman–Crippen MR) is 73.6 cm³/mol. The van der Waals surface area contributed by atoms with Crippen molar-refractivity contribution in [1.82, 2.24) is 20.3 Å². The van der Waals surface area contributed by atoms with E-state index >= 15 is 0 Å². The largest absolute Gasteiger partial charge is 0.353 e. The average molecular weight is 285 g/mol. The Kier molecular flexibility index (Phi) is 4.04. The first-order valence-electron chi connectivity index (χ1n) is 6.16. The number of amides is 1. The topological polar surface area (TPSA) is 74.2 Å². The SMILES string of the molecule is CCC1C(=O)NCCN1c1nc(Cl)nc(N(C)C)n1. The molecule has 1 N–H and O–H groups in total. The molecule has 2 heterocycles. The van der Waals surface area contributed by atoms with Crippen molar-refractivity contribution in [3.63, 3.8) is 0 Å². The van der Waals surface area contributed by atoms with Crippen LogP contribution in [-0.4, -0.2) is 54.1 Å². The van der Waals surface area contributed by atoms with Gasteiger partial charge in [-0.3, -0.25) is 4.79 Å². The van der Waals surface area contributed by atoms with Gasteiger partial charge in [0.15, 0.2) is 0 Å². The van der Waals surface area contributed by atoms with Crippen LogP contribution in [0.5, 0.6) is 0 Å². The van der Waals surface area contributed by atoms with E-state index in [4.69, 9.17) is 11.6 Å². The van der Waals surface area contributed by atoms with E-state index in [1.165, 1.54) is 0 Å². The van der Waals surface area contributed by atoms with Gasteiger partial charge in [-0.25, -0.2) is 0 Å². The van der Waals surface area contributed by atoms with E-state index in [1.807, 2.05) is 25.9 Å². The van der Waals surface area contributed by atoms with Crippen LogP contribution in [-0.2, 0) is 4.79 Å². The molecule has 1 aliphatic rings. The van der Waals surface area contributed by atoms with Crippen LogP contribution >= 0.6 is 11.6 Å². The van der Waals surface area contributed by atoms with Crippen LogP contribution in [0.25, 0.3) is 0 Å². The molecule has 8 heteroatoms. The third-order valence-corrected chi connectivity index (χ3v) is 3.13. The van der Waals surface area contributed by atoms with Crippen molar-refractivity contribution >= 4 is 29.4 Å². The number of carbonyl (C=O) groups is 1. The smallest absolute Gasteiger partial charge is 0.242 e. The zero-order chi connectivity index (χ0) is 14.0. The minimum absolute atomic E-state index is 0.00307. The lowest BCUT2D eigenvalue weighted by Crippen LogP contribution is -2.55. The molecule has 0 aliphatic carbocycles. The van der Waals surface area contributed by atoms with E-state index in [1.54, 1.807) is 4.90 Å². The molecule has 1 aromatic heterocycles. The number of piperazine rings is 1. The Bertz CT molecular complexity index is 480. The number of carbonyl (C=O) groups excluding carboxylic acids is 1. The molecule has 2 rings (SSSR count). The lowest BCUT2D eigenvalue weighted by Gasteiger charge is -2.34. The molecule has 1 aliphatic heterocycles. The van der Waals surface area contributed by atoms with Gasteiger partial charge in [0.1, 0.15) is 6.04 Å². The molecule has 1 aromatic rings. The van der Waals surface area contributed by atoms with Gasteiger partial charge < -0.3 is 15.1 Å². The fourth-order valence-corrected chi connectivity index (χ4v) is 2.17. The fourth-order valence-electron chi connectivity index (χ4n) is 2.02. The van der Waals surface area contributed by atoms with Crippen molar-refractivity contribution < 1.29 is 4.79 Å². The second-order valence-corrected chi connectivity index (χ2v) is 4.85. The average Bonchev–Trinajstić information content (AvgIpc) is 2.37. The van der Waals surface area contributed by atoms with Crippen LogP contribution in [0.1, 0.15) is 13.3 Å². The highest BCUT2D eigenvalue weighted by atomic mass is 35.5. The Morgan fingerprint density at radius 1 is 1.42 bits per heavy atom. The highest BCUT2D eigenvalue weighted by Crippen LogP contribution is 2.20. The van der Waals surface area contributed by atoms with Crippen molar-refractivity contribution in [3.8, 4) is 0 Å². The van der Waals surface area contributed by atoms with Gasteiger partial charge in [0.25, 0.3) is 0 Å². The molecule has 0 radical (unpaired) electrons. The van der Waals surface area contributed by atoms with Crippen molar-refractivity contribution in [2.45, 2.75) is 19.4 Å². The van der Waals surface area contributed by atoms with Crippen LogP contribution < -0.4 is 15.1 Å². The van der Waals surface area contributed by atoms with Gasteiger partial charge in [-0.05, 0) is 18.0 Å². The standard InChI is InChI=1S/C11H17ClN6O/c1-4-7-8(19)13-5-6-18(7)11-15-9(12)14-10(16-11)17(2)3/h7H,4-6H2,1-3H3,(H,13,19). The van der Waals surface area contributed by atoms with Crippen LogP contribution in [0.3, 0.4) is 0 Å². The second-order valence-electron chi connectivity index (χ2n) is 4.51. The monoisotopic (exact) mass is 284 g/mol. The van der Waals surface area contributed by atoms with E-state index in [2.05, 4.69) is 20.3 Å². The Morgan fingerprint density at radius 2 is 2.16 bits per heavy atom. The Labute approximate surface area is 117 Å². The molecule has 0 saturated carbocycles. The molecule has 7 nitrogen and oxygen atoms in total. The van der Waals surface area contributed by atoms with Gasteiger partial charge in [0.05, 0.1) is 0 Å². The fraction of sp³-hybridized carbons (Fsp3) is 0.636. The zero-order valence-electron chi connectivity index (χ0n) is 11.2. The molecule has 1 atom stereocenters. The lowest BCUT2D eigenvalue weighted by molar-refractivity contribution is -0.123. The molecule has 0 aromatic carbocycles.